The van der Waals surface area contributed by atoms with Gasteiger partial charge in [0.15, 0.2) is 11.6 Å². The summed E-state index contributed by atoms with van der Waals surface area (Å²) in [4.78, 5) is 0. The van der Waals surface area contributed by atoms with Crippen LogP contribution in [0, 0.1) is 17.5 Å². The Morgan fingerprint density at radius 2 is 1.53 bits per heavy atom. The van der Waals surface area contributed by atoms with Gasteiger partial charge in [0.25, 0.3) is 0 Å². The molecule has 2 atom stereocenters. The van der Waals surface area contributed by atoms with Gasteiger partial charge in [-0.1, -0.05) is 30.3 Å². The highest BCUT2D eigenvalue weighted by Gasteiger charge is 2.34. The lowest BCUT2D eigenvalue weighted by Gasteiger charge is -2.34. The zero-order valence-corrected chi connectivity index (χ0v) is 16.3. The average Bonchev–Trinajstić information content (AvgIpc) is 2.76. The van der Waals surface area contributed by atoms with Crippen molar-refractivity contribution in [2.75, 3.05) is 13.2 Å². The van der Waals surface area contributed by atoms with Crippen LogP contribution in [0.3, 0.4) is 0 Å². The molecule has 1 fully saturated rings. The van der Waals surface area contributed by atoms with Crippen molar-refractivity contribution in [2.24, 2.45) is 5.73 Å². The third kappa shape index (κ3) is 3.24. The molecule has 2 aliphatic rings. The van der Waals surface area contributed by atoms with Crippen LogP contribution < -0.4 is 10.5 Å². The fraction of sp³-hybridized carbons (Fsp3) is 0.333. The second-order valence-corrected chi connectivity index (χ2v) is 8.08. The number of hydrogen-bond donors (Lipinski definition) is 1. The van der Waals surface area contributed by atoms with E-state index in [1.807, 2.05) is 18.2 Å². The van der Waals surface area contributed by atoms with Crippen molar-refractivity contribution in [3.8, 4) is 5.75 Å². The molecule has 30 heavy (non-hydrogen) atoms. The fourth-order valence-corrected chi connectivity index (χ4v) is 4.70. The molecule has 0 spiro atoms. The lowest BCUT2D eigenvalue weighted by Crippen LogP contribution is -2.38. The molecule has 2 N–H and O–H groups in total. The van der Waals surface area contributed by atoms with Gasteiger partial charge < -0.3 is 15.2 Å². The summed E-state index contributed by atoms with van der Waals surface area (Å²) in [5.41, 5.74) is 8.47. The zero-order valence-electron chi connectivity index (χ0n) is 16.3. The standard InChI is InChI=1S/C24H22F3NO2/c25-19-12-21(27)20(26)11-18(19)24-22(28)10-14-9-17(13-5-7-29-8-6-13)15-3-1-2-4-16(15)23(14)30-24/h1-4,9,11-13,22,24H,5-8,10,28H2/t22-,24+/m1/s1. The molecule has 0 amide bonds. The number of rotatable bonds is 2. The molecule has 1 saturated heterocycles. The number of hydrogen-bond acceptors (Lipinski definition) is 3. The molecule has 5 rings (SSSR count). The monoisotopic (exact) mass is 413 g/mol. The topological polar surface area (TPSA) is 44.5 Å². The van der Waals surface area contributed by atoms with Gasteiger partial charge in [-0.15, -0.1) is 0 Å². The Morgan fingerprint density at radius 1 is 0.833 bits per heavy atom. The van der Waals surface area contributed by atoms with Crippen molar-refractivity contribution in [3.05, 3.63) is 76.6 Å². The zero-order chi connectivity index (χ0) is 20.8. The summed E-state index contributed by atoms with van der Waals surface area (Å²) in [6.45, 7) is 1.48. The van der Waals surface area contributed by atoms with E-state index in [2.05, 4.69) is 12.1 Å². The largest absolute Gasteiger partial charge is 0.483 e. The number of benzene rings is 3. The normalized spacial score (nSPS) is 22.0. The smallest absolute Gasteiger partial charge is 0.161 e. The fourth-order valence-electron chi connectivity index (χ4n) is 4.70. The lowest BCUT2D eigenvalue weighted by atomic mass is 9.83. The molecule has 0 bridgehead atoms. The minimum Gasteiger partial charge on any atom is -0.483 e. The van der Waals surface area contributed by atoms with Crippen LogP contribution in [-0.2, 0) is 11.2 Å². The van der Waals surface area contributed by atoms with Crippen LogP contribution in [0.15, 0.2) is 42.5 Å². The van der Waals surface area contributed by atoms with Gasteiger partial charge in [0, 0.05) is 30.2 Å². The number of halogens is 3. The first-order valence-electron chi connectivity index (χ1n) is 10.2. The molecule has 0 unspecified atom stereocenters. The molecule has 3 nitrogen and oxygen atoms in total. The lowest BCUT2D eigenvalue weighted by molar-refractivity contribution is 0.0855. The molecule has 0 radical (unpaired) electrons. The Kier molecular flexibility index (Phi) is 4.91. The molecule has 156 valence electrons. The summed E-state index contributed by atoms with van der Waals surface area (Å²) < 4.78 is 53.3. The molecule has 2 heterocycles. The Labute approximate surface area is 172 Å². The number of nitrogens with two attached hydrogens (primary N) is 1. The molecule has 6 heteroatoms. The van der Waals surface area contributed by atoms with Crippen molar-refractivity contribution in [2.45, 2.75) is 37.3 Å². The number of ether oxygens (including phenoxy) is 2. The first kappa shape index (κ1) is 19.4. The average molecular weight is 413 g/mol. The van der Waals surface area contributed by atoms with E-state index in [-0.39, 0.29) is 5.56 Å². The first-order valence-corrected chi connectivity index (χ1v) is 10.2. The SMILES string of the molecule is N[C@@H]1Cc2cc(C3CCOCC3)c3ccccc3c2O[C@H]1c1cc(F)c(F)cc1F. The molecule has 0 aliphatic carbocycles. The summed E-state index contributed by atoms with van der Waals surface area (Å²) in [6.07, 6.45) is 1.47. The van der Waals surface area contributed by atoms with E-state index in [0.717, 1.165) is 48.5 Å². The van der Waals surface area contributed by atoms with Crippen LogP contribution >= 0.6 is 0 Å². The number of fused-ring (bicyclic) bond motifs is 3. The van der Waals surface area contributed by atoms with Gasteiger partial charge in [-0.25, -0.2) is 13.2 Å². The van der Waals surface area contributed by atoms with Gasteiger partial charge in [0.1, 0.15) is 17.7 Å². The molecule has 3 aromatic carbocycles. The van der Waals surface area contributed by atoms with Gasteiger partial charge >= 0.3 is 0 Å². The van der Waals surface area contributed by atoms with Gasteiger partial charge in [-0.3, -0.25) is 0 Å². The predicted molar refractivity (Wildman–Crippen MR) is 108 cm³/mol. The molecule has 0 saturated carbocycles. The maximum Gasteiger partial charge on any atom is 0.161 e. The highest BCUT2D eigenvalue weighted by Crippen LogP contribution is 2.44. The van der Waals surface area contributed by atoms with E-state index in [9.17, 15) is 13.2 Å². The molecule has 3 aromatic rings. The highest BCUT2D eigenvalue weighted by atomic mass is 19.2. The Balaban J connectivity index is 1.61. The summed E-state index contributed by atoms with van der Waals surface area (Å²) in [6, 6.07) is 10.9. The summed E-state index contributed by atoms with van der Waals surface area (Å²) in [5, 5.41) is 2.01. The van der Waals surface area contributed by atoms with E-state index >= 15 is 0 Å². The van der Waals surface area contributed by atoms with Crippen LogP contribution in [0.5, 0.6) is 5.75 Å². The second-order valence-electron chi connectivity index (χ2n) is 8.08. The Bertz CT molecular complexity index is 1110. The van der Waals surface area contributed by atoms with Crippen LogP contribution in [-0.4, -0.2) is 19.3 Å². The minimum atomic E-state index is -1.23. The van der Waals surface area contributed by atoms with Gasteiger partial charge in [-0.05, 0) is 47.8 Å². The first-order chi connectivity index (χ1) is 14.5. The van der Waals surface area contributed by atoms with Gasteiger partial charge in [0.05, 0.1) is 6.04 Å². The Hall–Kier alpha value is -2.57. The van der Waals surface area contributed by atoms with Crippen molar-refractivity contribution < 1.29 is 22.6 Å². The van der Waals surface area contributed by atoms with E-state index in [0.29, 0.717) is 24.2 Å². The highest BCUT2D eigenvalue weighted by molar-refractivity contribution is 5.93. The van der Waals surface area contributed by atoms with Crippen molar-refractivity contribution in [1.29, 1.82) is 0 Å². The van der Waals surface area contributed by atoms with Crippen molar-refractivity contribution in [1.82, 2.24) is 0 Å². The van der Waals surface area contributed by atoms with Gasteiger partial charge in [0.2, 0.25) is 0 Å². The van der Waals surface area contributed by atoms with Gasteiger partial charge in [-0.2, -0.15) is 0 Å². The van der Waals surface area contributed by atoms with E-state index in [4.69, 9.17) is 15.2 Å². The van der Waals surface area contributed by atoms with Crippen molar-refractivity contribution in [3.63, 3.8) is 0 Å². The van der Waals surface area contributed by atoms with Crippen LogP contribution in [0.25, 0.3) is 10.8 Å². The summed E-state index contributed by atoms with van der Waals surface area (Å²) in [5.74, 6) is -2.18. The molecular formula is C24H22F3NO2. The van der Waals surface area contributed by atoms with Crippen LogP contribution in [0.4, 0.5) is 13.2 Å². The minimum absolute atomic E-state index is 0.0652. The quantitative estimate of drug-likeness (QED) is 0.591. The van der Waals surface area contributed by atoms with Crippen LogP contribution in [0.2, 0.25) is 0 Å². The summed E-state index contributed by atoms with van der Waals surface area (Å²) >= 11 is 0. The van der Waals surface area contributed by atoms with Crippen LogP contribution in [0.1, 0.15) is 41.6 Å². The Morgan fingerprint density at radius 3 is 2.30 bits per heavy atom. The second kappa shape index (κ2) is 7.60. The van der Waals surface area contributed by atoms with E-state index in [1.54, 1.807) is 0 Å². The van der Waals surface area contributed by atoms with E-state index < -0.39 is 29.6 Å². The molecule has 2 aliphatic heterocycles. The van der Waals surface area contributed by atoms with E-state index in [1.165, 1.54) is 5.56 Å². The maximum atomic E-state index is 14.4. The van der Waals surface area contributed by atoms with Crippen molar-refractivity contribution >= 4 is 10.8 Å². The molecular weight excluding hydrogens is 391 g/mol. The third-order valence-corrected chi connectivity index (χ3v) is 6.20. The molecule has 0 aromatic heterocycles. The maximum absolute atomic E-state index is 14.4. The third-order valence-electron chi connectivity index (χ3n) is 6.20. The summed E-state index contributed by atoms with van der Waals surface area (Å²) in [7, 11) is 0. The predicted octanol–water partition coefficient (Wildman–Crippen LogP) is 5.15.